The lowest BCUT2D eigenvalue weighted by Gasteiger charge is -2.06. The first-order valence-corrected chi connectivity index (χ1v) is 5.35. The standard InChI is InChI=1S/C11H14N2O/c14-6-9-5-12-11(8-3-4-8)13-10(9)7-1-2-7/h5,7-8,14H,1-4,6H2. The third-order valence-electron chi connectivity index (χ3n) is 2.99. The number of rotatable bonds is 3. The van der Waals surface area contributed by atoms with Crippen LogP contribution in [0.1, 0.15) is 54.6 Å². The van der Waals surface area contributed by atoms with E-state index in [1.807, 2.05) is 6.20 Å². The van der Waals surface area contributed by atoms with Crippen molar-refractivity contribution < 1.29 is 5.11 Å². The summed E-state index contributed by atoms with van der Waals surface area (Å²) >= 11 is 0. The molecule has 1 N–H and O–H groups in total. The van der Waals surface area contributed by atoms with Gasteiger partial charge in [0.15, 0.2) is 0 Å². The first-order chi connectivity index (χ1) is 6.88. The van der Waals surface area contributed by atoms with Crippen molar-refractivity contribution in [2.75, 3.05) is 0 Å². The number of aromatic nitrogens is 2. The van der Waals surface area contributed by atoms with Gasteiger partial charge < -0.3 is 5.11 Å². The van der Waals surface area contributed by atoms with E-state index in [0.29, 0.717) is 11.8 Å². The molecule has 74 valence electrons. The molecule has 2 fully saturated rings. The molecule has 2 aliphatic rings. The molecule has 14 heavy (non-hydrogen) atoms. The van der Waals surface area contributed by atoms with Crippen LogP contribution < -0.4 is 0 Å². The van der Waals surface area contributed by atoms with Crippen LogP contribution in [0.4, 0.5) is 0 Å². The van der Waals surface area contributed by atoms with Gasteiger partial charge in [-0.15, -0.1) is 0 Å². The van der Waals surface area contributed by atoms with Crippen LogP contribution in [0.2, 0.25) is 0 Å². The number of aliphatic hydroxyl groups is 1. The largest absolute Gasteiger partial charge is 0.392 e. The van der Waals surface area contributed by atoms with Crippen molar-refractivity contribution in [2.45, 2.75) is 44.1 Å². The summed E-state index contributed by atoms with van der Waals surface area (Å²) < 4.78 is 0. The zero-order chi connectivity index (χ0) is 9.54. The van der Waals surface area contributed by atoms with Crippen molar-refractivity contribution >= 4 is 0 Å². The van der Waals surface area contributed by atoms with E-state index in [0.717, 1.165) is 17.1 Å². The van der Waals surface area contributed by atoms with Crippen LogP contribution >= 0.6 is 0 Å². The number of hydrogen-bond acceptors (Lipinski definition) is 3. The van der Waals surface area contributed by atoms with Gasteiger partial charge in [-0.25, -0.2) is 9.97 Å². The van der Waals surface area contributed by atoms with Gasteiger partial charge in [-0.1, -0.05) is 0 Å². The van der Waals surface area contributed by atoms with Gasteiger partial charge in [-0.05, 0) is 25.7 Å². The fourth-order valence-corrected chi connectivity index (χ4v) is 1.80. The third kappa shape index (κ3) is 1.42. The van der Waals surface area contributed by atoms with Crippen LogP contribution in [0, 0.1) is 0 Å². The monoisotopic (exact) mass is 190 g/mol. The Kier molecular flexibility index (Phi) is 1.80. The topological polar surface area (TPSA) is 46.0 Å². The molecule has 0 bridgehead atoms. The lowest BCUT2D eigenvalue weighted by Crippen LogP contribution is -2.02. The summed E-state index contributed by atoms with van der Waals surface area (Å²) in [7, 11) is 0. The summed E-state index contributed by atoms with van der Waals surface area (Å²) in [6.45, 7) is 0.0801. The number of aliphatic hydroxyl groups excluding tert-OH is 1. The highest BCUT2D eigenvalue weighted by molar-refractivity contribution is 5.26. The van der Waals surface area contributed by atoms with Gasteiger partial charge in [0, 0.05) is 23.6 Å². The van der Waals surface area contributed by atoms with Crippen LogP contribution in [0.25, 0.3) is 0 Å². The molecule has 0 amide bonds. The predicted octanol–water partition coefficient (Wildman–Crippen LogP) is 1.72. The summed E-state index contributed by atoms with van der Waals surface area (Å²) in [5.41, 5.74) is 2.04. The molecule has 0 spiro atoms. The van der Waals surface area contributed by atoms with Gasteiger partial charge in [0.05, 0.1) is 12.3 Å². The average Bonchev–Trinajstić information content (AvgIpc) is 3.05. The highest BCUT2D eigenvalue weighted by atomic mass is 16.3. The molecular formula is C11H14N2O. The molecule has 3 rings (SSSR count). The number of hydrogen-bond donors (Lipinski definition) is 1. The summed E-state index contributed by atoms with van der Waals surface area (Å²) in [6.07, 6.45) is 6.75. The van der Waals surface area contributed by atoms with Gasteiger partial charge in [-0.2, -0.15) is 0 Å². The summed E-state index contributed by atoms with van der Waals surface area (Å²) in [5.74, 6) is 2.22. The smallest absolute Gasteiger partial charge is 0.131 e. The predicted molar refractivity (Wildman–Crippen MR) is 51.9 cm³/mol. The molecule has 1 heterocycles. The SMILES string of the molecule is OCc1cnc(C2CC2)nc1C1CC1. The summed E-state index contributed by atoms with van der Waals surface area (Å²) in [6, 6.07) is 0. The Morgan fingerprint density at radius 1 is 1.21 bits per heavy atom. The average molecular weight is 190 g/mol. The van der Waals surface area contributed by atoms with E-state index in [1.165, 1.54) is 25.7 Å². The normalized spacial score (nSPS) is 21.2. The van der Waals surface area contributed by atoms with Gasteiger partial charge in [0.1, 0.15) is 5.82 Å². The Hall–Kier alpha value is -0.960. The molecule has 3 nitrogen and oxygen atoms in total. The Morgan fingerprint density at radius 2 is 1.93 bits per heavy atom. The third-order valence-corrected chi connectivity index (χ3v) is 2.99. The van der Waals surface area contributed by atoms with E-state index in [2.05, 4.69) is 9.97 Å². The molecule has 3 heteroatoms. The van der Waals surface area contributed by atoms with Crippen LogP contribution in [0.3, 0.4) is 0 Å². The maximum Gasteiger partial charge on any atom is 0.131 e. The molecule has 2 aliphatic carbocycles. The Balaban J connectivity index is 1.98. The highest BCUT2D eigenvalue weighted by Crippen LogP contribution is 2.43. The zero-order valence-corrected chi connectivity index (χ0v) is 8.11. The van der Waals surface area contributed by atoms with E-state index in [1.54, 1.807) is 0 Å². The summed E-state index contributed by atoms with van der Waals surface area (Å²) in [4.78, 5) is 8.91. The molecule has 0 aliphatic heterocycles. The van der Waals surface area contributed by atoms with E-state index in [4.69, 9.17) is 5.11 Å². The van der Waals surface area contributed by atoms with Gasteiger partial charge in [0.2, 0.25) is 0 Å². The molecule has 2 saturated carbocycles. The van der Waals surface area contributed by atoms with E-state index in [-0.39, 0.29) is 6.61 Å². The Morgan fingerprint density at radius 3 is 2.50 bits per heavy atom. The van der Waals surface area contributed by atoms with Crippen molar-refractivity contribution in [3.8, 4) is 0 Å². The van der Waals surface area contributed by atoms with Crippen molar-refractivity contribution in [3.63, 3.8) is 0 Å². The highest BCUT2D eigenvalue weighted by Gasteiger charge is 2.31. The first kappa shape index (κ1) is 8.36. The molecule has 0 unspecified atom stereocenters. The van der Waals surface area contributed by atoms with Crippen LogP contribution in [-0.2, 0) is 6.61 Å². The van der Waals surface area contributed by atoms with E-state index in [9.17, 15) is 0 Å². The van der Waals surface area contributed by atoms with Crippen LogP contribution in [0.5, 0.6) is 0 Å². The molecule has 0 atom stereocenters. The van der Waals surface area contributed by atoms with Gasteiger partial charge >= 0.3 is 0 Å². The maximum atomic E-state index is 9.16. The molecular weight excluding hydrogens is 176 g/mol. The second-order valence-corrected chi connectivity index (χ2v) is 4.35. The van der Waals surface area contributed by atoms with Crippen molar-refractivity contribution in [1.82, 2.24) is 9.97 Å². The molecule has 1 aromatic rings. The van der Waals surface area contributed by atoms with Crippen LogP contribution in [-0.4, -0.2) is 15.1 Å². The minimum atomic E-state index is 0.0801. The fraction of sp³-hybridized carbons (Fsp3) is 0.636. The maximum absolute atomic E-state index is 9.16. The second kappa shape index (κ2) is 3.02. The number of nitrogens with zero attached hydrogens (tertiary/aromatic N) is 2. The molecule has 0 saturated heterocycles. The first-order valence-electron chi connectivity index (χ1n) is 5.35. The Labute approximate surface area is 83.2 Å². The van der Waals surface area contributed by atoms with Crippen molar-refractivity contribution in [3.05, 3.63) is 23.3 Å². The minimum Gasteiger partial charge on any atom is -0.392 e. The van der Waals surface area contributed by atoms with Crippen LogP contribution in [0.15, 0.2) is 6.20 Å². The van der Waals surface area contributed by atoms with Gasteiger partial charge in [-0.3, -0.25) is 0 Å². The van der Waals surface area contributed by atoms with Crippen molar-refractivity contribution in [2.24, 2.45) is 0 Å². The fourth-order valence-electron chi connectivity index (χ4n) is 1.80. The molecule has 1 aromatic heterocycles. The summed E-state index contributed by atoms with van der Waals surface area (Å²) in [5, 5.41) is 9.16. The zero-order valence-electron chi connectivity index (χ0n) is 8.11. The second-order valence-electron chi connectivity index (χ2n) is 4.35. The lowest BCUT2D eigenvalue weighted by molar-refractivity contribution is 0.279. The quantitative estimate of drug-likeness (QED) is 0.789. The Bertz CT molecular complexity index is 356. The van der Waals surface area contributed by atoms with E-state index >= 15 is 0 Å². The van der Waals surface area contributed by atoms with Crippen molar-refractivity contribution in [1.29, 1.82) is 0 Å². The molecule has 0 radical (unpaired) electrons. The van der Waals surface area contributed by atoms with Gasteiger partial charge in [0.25, 0.3) is 0 Å². The van der Waals surface area contributed by atoms with E-state index < -0.39 is 0 Å². The minimum absolute atomic E-state index is 0.0801. The molecule has 0 aromatic carbocycles. The lowest BCUT2D eigenvalue weighted by atomic mass is 10.1.